The third kappa shape index (κ3) is 2.32. The predicted molar refractivity (Wildman–Crippen MR) is 81.0 cm³/mol. The Bertz CT molecular complexity index is 826. The first kappa shape index (κ1) is 14.2. The average molecular weight is 297 g/mol. The fraction of sp³-hybridized carbons (Fsp3) is 0.250. The number of piperidine rings is 1. The number of aromatic nitrogens is 1. The van der Waals surface area contributed by atoms with Gasteiger partial charge in [-0.3, -0.25) is 14.9 Å². The minimum absolute atomic E-state index is 0.000831. The molecule has 6 heteroatoms. The lowest BCUT2D eigenvalue weighted by Gasteiger charge is -2.22. The van der Waals surface area contributed by atoms with Gasteiger partial charge in [-0.2, -0.15) is 0 Å². The second-order valence-corrected chi connectivity index (χ2v) is 5.10. The summed E-state index contributed by atoms with van der Waals surface area (Å²) in [6.07, 6.45) is 2.32. The molecule has 1 aliphatic heterocycles. The molecule has 2 aromatic rings. The Labute approximate surface area is 126 Å². The standard InChI is InChI=1S/C16H15N3O3/c17-8-2-4-10-3-1-5-11-12(10)9-19(16(11)22)13-6-7-14(20)18-15(13)21/h1,3,5,9,13,22H,6-8,17H2,(H,18,20,21). The summed E-state index contributed by atoms with van der Waals surface area (Å²) in [7, 11) is 0. The normalized spacial score (nSPS) is 18.0. The van der Waals surface area contributed by atoms with Gasteiger partial charge in [-0.25, -0.2) is 0 Å². The van der Waals surface area contributed by atoms with Crippen LogP contribution < -0.4 is 11.1 Å². The summed E-state index contributed by atoms with van der Waals surface area (Å²) in [6, 6.07) is 4.79. The van der Waals surface area contributed by atoms with E-state index in [1.54, 1.807) is 18.3 Å². The van der Waals surface area contributed by atoms with E-state index in [1.807, 2.05) is 6.07 Å². The zero-order valence-electron chi connectivity index (χ0n) is 11.8. The topological polar surface area (TPSA) is 97.3 Å². The zero-order valence-corrected chi connectivity index (χ0v) is 11.8. The van der Waals surface area contributed by atoms with E-state index < -0.39 is 11.9 Å². The maximum Gasteiger partial charge on any atom is 0.249 e. The zero-order chi connectivity index (χ0) is 15.7. The minimum atomic E-state index is -0.597. The number of carbonyl (C=O) groups is 2. The van der Waals surface area contributed by atoms with Crippen LogP contribution in [0.2, 0.25) is 0 Å². The molecule has 1 unspecified atom stereocenters. The molecule has 0 saturated carbocycles. The highest BCUT2D eigenvalue weighted by molar-refractivity contribution is 6.00. The average Bonchev–Trinajstić information content (AvgIpc) is 2.83. The van der Waals surface area contributed by atoms with Crippen molar-refractivity contribution in [3.8, 4) is 17.7 Å². The molecule has 1 atom stereocenters. The summed E-state index contributed by atoms with van der Waals surface area (Å²) >= 11 is 0. The second kappa shape index (κ2) is 5.54. The fourth-order valence-corrected chi connectivity index (χ4v) is 2.68. The number of hydrogen-bond acceptors (Lipinski definition) is 4. The largest absolute Gasteiger partial charge is 0.494 e. The molecule has 1 saturated heterocycles. The fourth-order valence-electron chi connectivity index (χ4n) is 2.68. The number of imide groups is 1. The number of nitrogens with one attached hydrogen (secondary N) is 1. The molecule has 2 amide bonds. The van der Waals surface area contributed by atoms with Crippen molar-refractivity contribution in [2.45, 2.75) is 18.9 Å². The SMILES string of the molecule is NCC#Cc1cccc2c(O)n(C3CCC(=O)NC3=O)cc12. The van der Waals surface area contributed by atoms with E-state index in [0.717, 1.165) is 10.9 Å². The summed E-state index contributed by atoms with van der Waals surface area (Å²) < 4.78 is 1.50. The van der Waals surface area contributed by atoms with Crippen molar-refractivity contribution in [1.29, 1.82) is 0 Å². The molecule has 6 nitrogen and oxygen atoms in total. The van der Waals surface area contributed by atoms with Gasteiger partial charge in [0.1, 0.15) is 6.04 Å². The summed E-state index contributed by atoms with van der Waals surface area (Å²) in [5.41, 5.74) is 6.13. The number of nitrogens with two attached hydrogens (primary N) is 1. The summed E-state index contributed by atoms with van der Waals surface area (Å²) in [5.74, 6) is 5.05. The lowest BCUT2D eigenvalue weighted by atomic mass is 10.1. The van der Waals surface area contributed by atoms with Gasteiger partial charge in [-0.05, 0) is 18.6 Å². The van der Waals surface area contributed by atoms with Gasteiger partial charge in [0.05, 0.1) is 6.54 Å². The van der Waals surface area contributed by atoms with Crippen molar-refractivity contribution in [3.63, 3.8) is 0 Å². The Kier molecular flexibility index (Phi) is 3.57. The van der Waals surface area contributed by atoms with E-state index in [1.165, 1.54) is 4.57 Å². The Hall–Kier alpha value is -2.78. The molecule has 0 aliphatic carbocycles. The van der Waals surface area contributed by atoms with Crippen LogP contribution in [0.1, 0.15) is 24.4 Å². The van der Waals surface area contributed by atoms with E-state index in [9.17, 15) is 14.7 Å². The van der Waals surface area contributed by atoms with Crippen LogP contribution in [0.15, 0.2) is 24.4 Å². The summed E-state index contributed by atoms with van der Waals surface area (Å²) in [5, 5.41) is 14.1. The number of carbonyl (C=O) groups excluding carboxylic acids is 2. The molecule has 112 valence electrons. The molecule has 1 aliphatic rings. The molecule has 22 heavy (non-hydrogen) atoms. The molecule has 1 aromatic heterocycles. The highest BCUT2D eigenvalue weighted by atomic mass is 16.3. The van der Waals surface area contributed by atoms with Crippen LogP contribution in [-0.4, -0.2) is 28.0 Å². The number of fused-ring (bicyclic) bond motifs is 1. The lowest BCUT2D eigenvalue weighted by Crippen LogP contribution is -2.41. The molecule has 1 aromatic carbocycles. The molecular formula is C16H15N3O3. The van der Waals surface area contributed by atoms with E-state index >= 15 is 0 Å². The first-order valence-corrected chi connectivity index (χ1v) is 6.97. The monoisotopic (exact) mass is 297 g/mol. The van der Waals surface area contributed by atoms with E-state index in [-0.39, 0.29) is 24.8 Å². The van der Waals surface area contributed by atoms with Crippen LogP contribution in [-0.2, 0) is 9.59 Å². The number of amides is 2. The van der Waals surface area contributed by atoms with Crippen molar-refractivity contribution in [3.05, 3.63) is 30.0 Å². The van der Waals surface area contributed by atoms with Crippen molar-refractivity contribution in [2.24, 2.45) is 5.73 Å². The quantitative estimate of drug-likeness (QED) is 0.531. The molecule has 0 radical (unpaired) electrons. The van der Waals surface area contributed by atoms with Crippen LogP contribution in [0, 0.1) is 11.8 Å². The first-order chi connectivity index (χ1) is 10.6. The van der Waals surface area contributed by atoms with Crippen LogP contribution in [0.5, 0.6) is 5.88 Å². The van der Waals surface area contributed by atoms with E-state index in [0.29, 0.717) is 11.8 Å². The van der Waals surface area contributed by atoms with E-state index in [4.69, 9.17) is 5.73 Å². The Balaban J connectivity index is 2.10. The van der Waals surface area contributed by atoms with Gasteiger partial charge >= 0.3 is 0 Å². The van der Waals surface area contributed by atoms with E-state index in [2.05, 4.69) is 17.2 Å². The van der Waals surface area contributed by atoms with Gasteiger partial charge in [0.25, 0.3) is 0 Å². The third-order valence-corrected chi connectivity index (χ3v) is 3.73. The molecule has 1 fully saturated rings. The van der Waals surface area contributed by atoms with Crippen LogP contribution in [0.3, 0.4) is 0 Å². The number of aromatic hydroxyl groups is 1. The Morgan fingerprint density at radius 2 is 2.18 bits per heavy atom. The van der Waals surface area contributed by atoms with Gasteiger partial charge in [0.15, 0.2) is 5.88 Å². The number of nitrogens with zero attached hydrogens (tertiary/aromatic N) is 1. The first-order valence-electron chi connectivity index (χ1n) is 6.97. The lowest BCUT2D eigenvalue weighted by molar-refractivity contribution is -0.135. The molecule has 3 rings (SSSR count). The Morgan fingerprint density at radius 3 is 2.91 bits per heavy atom. The second-order valence-electron chi connectivity index (χ2n) is 5.10. The summed E-state index contributed by atoms with van der Waals surface area (Å²) in [6.45, 7) is 0.246. The summed E-state index contributed by atoms with van der Waals surface area (Å²) in [4.78, 5) is 23.2. The van der Waals surface area contributed by atoms with Gasteiger partial charge in [-0.1, -0.05) is 17.9 Å². The third-order valence-electron chi connectivity index (χ3n) is 3.73. The van der Waals surface area contributed by atoms with Crippen molar-refractivity contribution < 1.29 is 14.7 Å². The van der Waals surface area contributed by atoms with Crippen LogP contribution >= 0.6 is 0 Å². The van der Waals surface area contributed by atoms with Crippen molar-refractivity contribution in [2.75, 3.05) is 6.54 Å². The number of hydrogen-bond donors (Lipinski definition) is 3. The van der Waals surface area contributed by atoms with Gasteiger partial charge in [-0.15, -0.1) is 0 Å². The maximum atomic E-state index is 12.0. The smallest absolute Gasteiger partial charge is 0.249 e. The maximum absolute atomic E-state index is 12.0. The Morgan fingerprint density at radius 1 is 1.36 bits per heavy atom. The molecule has 4 N–H and O–H groups in total. The molecule has 2 heterocycles. The molecule has 0 spiro atoms. The molecule has 0 bridgehead atoms. The molecular weight excluding hydrogens is 282 g/mol. The highest BCUT2D eigenvalue weighted by Crippen LogP contribution is 2.34. The van der Waals surface area contributed by atoms with Crippen LogP contribution in [0.4, 0.5) is 0 Å². The van der Waals surface area contributed by atoms with Crippen molar-refractivity contribution in [1.82, 2.24) is 9.88 Å². The highest BCUT2D eigenvalue weighted by Gasteiger charge is 2.30. The number of rotatable bonds is 1. The predicted octanol–water partition coefficient (Wildman–Crippen LogP) is 0.635. The minimum Gasteiger partial charge on any atom is -0.494 e. The van der Waals surface area contributed by atoms with Gasteiger partial charge < -0.3 is 15.4 Å². The van der Waals surface area contributed by atoms with Crippen LogP contribution in [0.25, 0.3) is 10.8 Å². The number of benzene rings is 1. The van der Waals surface area contributed by atoms with Crippen molar-refractivity contribution >= 4 is 22.6 Å². The van der Waals surface area contributed by atoms with Gasteiger partial charge in [0.2, 0.25) is 11.8 Å². The van der Waals surface area contributed by atoms with Gasteiger partial charge in [0, 0.05) is 29.0 Å².